The molecule has 1 amide bonds. The first-order valence-corrected chi connectivity index (χ1v) is 7.65. The van der Waals surface area contributed by atoms with E-state index in [0.717, 1.165) is 12.8 Å². The van der Waals surface area contributed by atoms with Gasteiger partial charge in [0.25, 0.3) is 5.92 Å². The van der Waals surface area contributed by atoms with E-state index in [1.807, 2.05) is 4.90 Å². The summed E-state index contributed by atoms with van der Waals surface area (Å²) >= 11 is 0. The molecule has 0 spiro atoms. The summed E-state index contributed by atoms with van der Waals surface area (Å²) in [5, 5.41) is 13.0. The molecular weight excluding hydrogens is 282 g/mol. The van der Waals surface area contributed by atoms with Gasteiger partial charge in [-0.05, 0) is 12.8 Å². The van der Waals surface area contributed by atoms with E-state index in [1.165, 1.54) is 0 Å². The van der Waals surface area contributed by atoms with Crippen LogP contribution in [0, 0.1) is 5.92 Å². The number of aliphatic hydroxyl groups is 1. The summed E-state index contributed by atoms with van der Waals surface area (Å²) in [4.78, 5) is 13.6. The molecule has 3 fully saturated rings. The highest BCUT2D eigenvalue weighted by atomic mass is 19.3. The SMILES string of the molecule is O=C(NC1COC(CN2CCC(F)(F)CC2)C1O)C1CC1. The first kappa shape index (κ1) is 15.1. The molecule has 0 bridgehead atoms. The zero-order valence-electron chi connectivity index (χ0n) is 11.9. The molecule has 2 aliphatic heterocycles. The predicted octanol–water partition coefficient (Wildman–Crippen LogP) is 0.372. The van der Waals surface area contributed by atoms with Crippen LogP contribution in [0.15, 0.2) is 0 Å². The van der Waals surface area contributed by atoms with Gasteiger partial charge in [-0.2, -0.15) is 0 Å². The van der Waals surface area contributed by atoms with E-state index in [0.29, 0.717) is 19.6 Å². The molecule has 3 aliphatic rings. The van der Waals surface area contributed by atoms with Crippen LogP contribution >= 0.6 is 0 Å². The Bertz CT molecular complexity index is 394. The Morgan fingerprint density at radius 3 is 2.62 bits per heavy atom. The summed E-state index contributed by atoms with van der Waals surface area (Å²) in [6.07, 6.45) is 0.369. The standard InChI is InChI=1S/C14H22F2N2O3/c15-14(16)3-5-18(6-4-14)7-11-12(19)10(8-21-11)17-13(20)9-1-2-9/h9-12,19H,1-8H2,(H,17,20). The first-order chi connectivity index (χ1) is 9.94. The van der Waals surface area contributed by atoms with Crippen molar-refractivity contribution in [3.8, 4) is 0 Å². The third-order valence-electron chi connectivity index (χ3n) is 4.58. The Hall–Kier alpha value is -0.790. The van der Waals surface area contributed by atoms with Gasteiger partial charge >= 0.3 is 0 Å². The van der Waals surface area contributed by atoms with Gasteiger partial charge in [-0.3, -0.25) is 4.79 Å². The molecule has 1 saturated carbocycles. The minimum atomic E-state index is -2.56. The fourth-order valence-electron chi connectivity index (χ4n) is 2.93. The molecule has 0 aromatic rings. The topological polar surface area (TPSA) is 61.8 Å². The van der Waals surface area contributed by atoms with Gasteiger partial charge in [0.05, 0.1) is 18.8 Å². The number of halogens is 2. The Kier molecular flexibility index (Phi) is 4.16. The maximum absolute atomic E-state index is 13.1. The van der Waals surface area contributed by atoms with Gasteiger partial charge in [-0.25, -0.2) is 8.78 Å². The molecular formula is C14H22F2N2O3. The number of ether oxygens (including phenoxy) is 1. The van der Waals surface area contributed by atoms with Crippen LogP contribution in [0.3, 0.4) is 0 Å². The summed E-state index contributed by atoms with van der Waals surface area (Å²) in [6, 6.07) is -0.380. The van der Waals surface area contributed by atoms with Crippen LogP contribution in [0.4, 0.5) is 8.78 Å². The highest BCUT2D eigenvalue weighted by molar-refractivity contribution is 5.81. The van der Waals surface area contributed by atoms with Crippen LogP contribution in [0.25, 0.3) is 0 Å². The van der Waals surface area contributed by atoms with Crippen molar-refractivity contribution in [2.24, 2.45) is 5.92 Å². The Morgan fingerprint density at radius 2 is 2.00 bits per heavy atom. The minimum Gasteiger partial charge on any atom is -0.388 e. The molecule has 7 heteroatoms. The molecule has 0 radical (unpaired) electrons. The van der Waals surface area contributed by atoms with E-state index in [9.17, 15) is 18.7 Å². The number of hydrogen-bond acceptors (Lipinski definition) is 4. The smallest absolute Gasteiger partial charge is 0.250 e. The van der Waals surface area contributed by atoms with E-state index < -0.39 is 18.1 Å². The lowest BCUT2D eigenvalue weighted by molar-refractivity contribution is -0.123. The Labute approximate surface area is 122 Å². The van der Waals surface area contributed by atoms with E-state index in [4.69, 9.17) is 4.74 Å². The number of aliphatic hydroxyl groups excluding tert-OH is 1. The second-order valence-corrected chi connectivity index (χ2v) is 6.41. The number of likely N-dealkylation sites (tertiary alicyclic amines) is 1. The van der Waals surface area contributed by atoms with Crippen molar-refractivity contribution in [3.63, 3.8) is 0 Å². The summed E-state index contributed by atoms with van der Waals surface area (Å²) in [7, 11) is 0. The molecule has 0 aromatic carbocycles. The molecule has 2 heterocycles. The van der Waals surface area contributed by atoms with Crippen molar-refractivity contribution in [3.05, 3.63) is 0 Å². The maximum atomic E-state index is 13.1. The normalized spacial score (nSPS) is 36.6. The molecule has 3 rings (SSSR count). The number of carbonyl (C=O) groups is 1. The van der Waals surface area contributed by atoms with Crippen molar-refractivity contribution in [1.29, 1.82) is 0 Å². The summed E-state index contributed by atoms with van der Waals surface area (Å²) < 4.78 is 31.7. The number of alkyl halides is 2. The summed E-state index contributed by atoms with van der Waals surface area (Å²) in [5.74, 6) is -2.48. The monoisotopic (exact) mass is 304 g/mol. The Balaban J connectivity index is 1.45. The van der Waals surface area contributed by atoms with Gasteiger partial charge in [-0.15, -0.1) is 0 Å². The molecule has 0 aromatic heterocycles. The highest BCUT2D eigenvalue weighted by Crippen LogP contribution is 2.30. The van der Waals surface area contributed by atoms with Gasteiger partial charge in [0.2, 0.25) is 5.91 Å². The number of nitrogens with one attached hydrogen (secondary N) is 1. The first-order valence-electron chi connectivity index (χ1n) is 7.65. The minimum absolute atomic E-state index is 0.0130. The second-order valence-electron chi connectivity index (χ2n) is 6.41. The van der Waals surface area contributed by atoms with Crippen molar-refractivity contribution < 1.29 is 23.4 Å². The van der Waals surface area contributed by atoms with Crippen LogP contribution in [-0.2, 0) is 9.53 Å². The second kappa shape index (κ2) is 5.78. The molecule has 2 saturated heterocycles. The van der Waals surface area contributed by atoms with Crippen molar-refractivity contribution in [1.82, 2.24) is 10.2 Å². The van der Waals surface area contributed by atoms with Crippen LogP contribution in [0.5, 0.6) is 0 Å². The van der Waals surface area contributed by atoms with Crippen LogP contribution in [0.2, 0.25) is 0 Å². The molecule has 120 valence electrons. The fraction of sp³-hybridized carbons (Fsp3) is 0.929. The number of piperidine rings is 1. The molecule has 2 N–H and O–H groups in total. The van der Waals surface area contributed by atoms with Crippen LogP contribution in [-0.4, -0.2) is 66.3 Å². The zero-order chi connectivity index (χ0) is 15.0. The lowest BCUT2D eigenvalue weighted by atomic mass is 10.0. The molecule has 21 heavy (non-hydrogen) atoms. The van der Waals surface area contributed by atoms with Gasteiger partial charge in [0.15, 0.2) is 0 Å². The molecule has 5 nitrogen and oxygen atoms in total. The number of rotatable bonds is 4. The predicted molar refractivity (Wildman–Crippen MR) is 71.0 cm³/mol. The summed E-state index contributed by atoms with van der Waals surface area (Å²) in [5.41, 5.74) is 0. The van der Waals surface area contributed by atoms with E-state index in [-0.39, 0.29) is 37.3 Å². The van der Waals surface area contributed by atoms with Gasteiger partial charge in [0, 0.05) is 38.4 Å². The molecule has 3 atom stereocenters. The van der Waals surface area contributed by atoms with Gasteiger partial charge in [0.1, 0.15) is 6.10 Å². The Morgan fingerprint density at radius 1 is 1.33 bits per heavy atom. The molecule has 3 unspecified atom stereocenters. The number of hydrogen-bond donors (Lipinski definition) is 2. The third kappa shape index (κ3) is 3.70. The lowest BCUT2D eigenvalue weighted by Gasteiger charge is -2.33. The highest BCUT2D eigenvalue weighted by Gasteiger charge is 2.41. The lowest BCUT2D eigenvalue weighted by Crippen LogP contribution is -2.49. The van der Waals surface area contributed by atoms with Gasteiger partial charge < -0.3 is 20.1 Å². The van der Waals surface area contributed by atoms with Crippen molar-refractivity contribution in [2.45, 2.75) is 49.9 Å². The van der Waals surface area contributed by atoms with Gasteiger partial charge in [-0.1, -0.05) is 0 Å². The maximum Gasteiger partial charge on any atom is 0.250 e. The number of carbonyl (C=O) groups excluding carboxylic acids is 1. The average molecular weight is 304 g/mol. The third-order valence-corrected chi connectivity index (χ3v) is 4.58. The van der Waals surface area contributed by atoms with Crippen molar-refractivity contribution in [2.75, 3.05) is 26.2 Å². The van der Waals surface area contributed by atoms with E-state index in [1.54, 1.807) is 0 Å². The van der Waals surface area contributed by atoms with Crippen molar-refractivity contribution >= 4 is 5.91 Å². The van der Waals surface area contributed by atoms with Crippen LogP contribution in [0.1, 0.15) is 25.7 Å². The van der Waals surface area contributed by atoms with E-state index in [2.05, 4.69) is 5.32 Å². The molecule has 1 aliphatic carbocycles. The quantitative estimate of drug-likeness (QED) is 0.788. The van der Waals surface area contributed by atoms with E-state index >= 15 is 0 Å². The largest absolute Gasteiger partial charge is 0.388 e. The fourth-order valence-corrected chi connectivity index (χ4v) is 2.93. The average Bonchev–Trinajstić information content (AvgIpc) is 3.22. The van der Waals surface area contributed by atoms with Crippen LogP contribution < -0.4 is 5.32 Å². The number of amides is 1. The zero-order valence-corrected chi connectivity index (χ0v) is 11.9. The number of nitrogens with zero attached hydrogens (tertiary/aromatic N) is 1. The summed E-state index contributed by atoms with van der Waals surface area (Å²) in [6.45, 7) is 1.36.